The molecular weight excluding hydrogens is 503 g/mol. The van der Waals surface area contributed by atoms with Crippen molar-refractivity contribution in [3.05, 3.63) is 65.5 Å². The molecule has 1 aliphatic carbocycles. The first-order valence-electron chi connectivity index (χ1n) is 10.6. The number of nitrogens with one attached hydrogen (secondary N) is 2. The van der Waals surface area contributed by atoms with Crippen LogP contribution in [0.5, 0.6) is 0 Å². The van der Waals surface area contributed by atoms with E-state index < -0.39 is 0 Å². The summed E-state index contributed by atoms with van der Waals surface area (Å²) in [6.45, 7) is 3.72. The third-order valence-corrected chi connectivity index (χ3v) is 5.66. The zero-order valence-electron chi connectivity index (χ0n) is 18.2. The smallest absolute Gasteiger partial charge is 0.192 e. The van der Waals surface area contributed by atoms with E-state index in [1.807, 2.05) is 36.7 Å². The number of aryl methyl sites for hydroxylation is 1. The Morgan fingerprint density at radius 3 is 2.52 bits per heavy atom. The van der Waals surface area contributed by atoms with Crippen LogP contribution < -0.4 is 10.6 Å². The molecule has 0 unspecified atom stereocenters. The SMILES string of the molecule is Cc1nnc(CNC(=NCc2ccccc2)NCc2ccn(C3CCCC3)n2)n1C.I. The van der Waals surface area contributed by atoms with Gasteiger partial charge in [0, 0.05) is 13.2 Å². The molecule has 0 atom stereocenters. The molecule has 0 aliphatic heterocycles. The van der Waals surface area contributed by atoms with Crippen molar-refractivity contribution in [1.29, 1.82) is 0 Å². The van der Waals surface area contributed by atoms with Gasteiger partial charge < -0.3 is 15.2 Å². The quantitative estimate of drug-likeness (QED) is 0.276. The summed E-state index contributed by atoms with van der Waals surface area (Å²) in [6.07, 6.45) is 7.18. The Labute approximate surface area is 200 Å². The minimum absolute atomic E-state index is 0. The lowest BCUT2D eigenvalue weighted by Crippen LogP contribution is -2.37. The average molecular weight is 534 g/mol. The molecule has 2 N–H and O–H groups in total. The monoisotopic (exact) mass is 534 g/mol. The van der Waals surface area contributed by atoms with Gasteiger partial charge in [-0.2, -0.15) is 5.10 Å². The van der Waals surface area contributed by atoms with Gasteiger partial charge in [-0.1, -0.05) is 43.2 Å². The van der Waals surface area contributed by atoms with Crippen molar-refractivity contribution in [1.82, 2.24) is 35.2 Å². The number of hydrogen-bond acceptors (Lipinski definition) is 4. The summed E-state index contributed by atoms with van der Waals surface area (Å²) in [4.78, 5) is 4.75. The molecule has 1 aliphatic rings. The topological polar surface area (TPSA) is 84.9 Å². The zero-order valence-corrected chi connectivity index (χ0v) is 20.5. The van der Waals surface area contributed by atoms with Gasteiger partial charge in [-0.3, -0.25) is 4.68 Å². The minimum Gasteiger partial charge on any atom is -0.351 e. The lowest BCUT2D eigenvalue weighted by atomic mass is 10.2. The molecule has 31 heavy (non-hydrogen) atoms. The molecule has 166 valence electrons. The highest BCUT2D eigenvalue weighted by atomic mass is 127. The number of hydrogen-bond donors (Lipinski definition) is 2. The molecule has 8 nitrogen and oxygen atoms in total. The van der Waals surface area contributed by atoms with Crippen molar-refractivity contribution in [3.8, 4) is 0 Å². The molecule has 0 amide bonds. The maximum atomic E-state index is 4.76. The van der Waals surface area contributed by atoms with Crippen molar-refractivity contribution >= 4 is 29.9 Å². The van der Waals surface area contributed by atoms with Crippen LogP contribution in [-0.2, 0) is 26.7 Å². The lowest BCUT2D eigenvalue weighted by molar-refractivity contribution is 0.462. The Balaban J connectivity index is 0.00000272. The summed E-state index contributed by atoms with van der Waals surface area (Å²) in [5.74, 6) is 2.49. The van der Waals surface area contributed by atoms with Gasteiger partial charge >= 0.3 is 0 Å². The van der Waals surface area contributed by atoms with Crippen LogP contribution >= 0.6 is 24.0 Å². The second-order valence-corrected chi connectivity index (χ2v) is 7.81. The Morgan fingerprint density at radius 2 is 1.81 bits per heavy atom. The third kappa shape index (κ3) is 6.28. The lowest BCUT2D eigenvalue weighted by Gasteiger charge is -2.12. The van der Waals surface area contributed by atoms with E-state index in [1.165, 1.54) is 31.2 Å². The second kappa shape index (κ2) is 11.3. The molecular formula is C22H31IN8. The first kappa shape index (κ1) is 23.2. The van der Waals surface area contributed by atoms with Crippen LogP contribution in [0.3, 0.4) is 0 Å². The van der Waals surface area contributed by atoms with Crippen LogP contribution in [0.4, 0.5) is 0 Å². The summed E-state index contributed by atoms with van der Waals surface area (Å²) in [7, 11) is 1.97. The van der Waals surface area contributed by atoms with Gasteiger partial charge in [-0.15, -0.1) is 34.2 Å². The van der Waals surface area contributed by atoms with E-state index in [1.54, 1.807) is 0 Å². The fourth-order valence-electron chi connectivity index (χ4n) is 3.71. The molecule has 3 aromatic rings. The molecule has 0 radical (unpaired) electrons. The highest BCUT2D eigenvalue weighted by Gasteiger charge is 2.17. The van der Waals surface area contributed by atoms with Crippen molar-refractivity contribution < 1.29 is 0 Å². The van der Waals surface area contributed by atoms with Gasteiger partial charge in [0.25, 0.3) is 0 Å². The van der Waals surface area contributed by atoms with Crippen LogP contribution in [0.15, 0.2) is 47.6 Å². The number of rotatable bonds is 7. The number of aliphatic imine (C=N–C) groups is 1. The van der Waals surface area contributed by atoms with Crippen LogP contribution in [0, 0.1) is 6.92 Å². The Kier molecular flexibility index (Phi) is 8.44. The van der Waals surface area contributed by atoms with Crippen LogP contribution in [0.2, 0.25) is 0 Å². The standard InChI is InChI=1S/C22H30N8.HI/c1-17-26-27-21(29(17)2)16-25-22(23-14-18-8-4-3-5-9-18)24-15-19-12-13-30(28-19)20-10-6-7-11-20;/h3-5,8-9,12-13,20H,6-7,10-11,14-16H2,1-2H3,(H2,23,24,25);1H. The van der Waals surface area contributed by atoms with E-state index in [0.29, 0.717) is 25.7 Å². The maximum absolute atomic E-state index is 4.76. The van der Waals surface area contributed by atoms with Crippen molar-refractivity contribution in [2.45, 2.75) is 58.3 Å². The summed E-state index contributed by atoms with van der Waals surface area (Å²) >= 11 is 0. The normalized spacial score (nSPS) is 14.5. The van der Waals surface area contributed by atoms with Gasteiger partial charge in [0.1, 0.15) is 5.82 Å². The Hall–Kier alpha value is -2.43. The molecule has 0 saturated heterocycles. The number of nitrogens with zero attached hydrogens (tertiary/aromatic N) is 6. The Bertz CT molecular complexity index is 973. The predicted molar refractivity (Wildman–Crippen MR) is 132 cm³/mol. The van der Waals surface area contributed by atoms with E-state index in [4.69, 9.17) is 10.1 Å². The molecule has 9 heteroatoms. The highest BCUT2D eigenvalue weighted by molar-refractivity contribution is 14.0. The van der Waals surface area contributed by atoms with Gasteiger partial charge in [-0.05, 0) is 31.4 Å². The first-order valence-corrected chi connectivity index (χ1v) is 10.6. The molecule has 1 fully saturated rings. The highest BCUT2D eigenvalue weighted by Crippen LogP contribution is 2.28. The predicted octanol–water partition coefficient (Wildman–Crippen LogP) is 3.49. The van der Waals surface area contributed by atoms with Gasteiger partial charge in [0.15, 0.2) is 11.8 Å². The molecule has 0 bridgehead atoms. The Morgan fingerprint density at radius 1 is 1.06 bits per heavy atom. The number of aromatic nitrogens is 5. The van der Waals surface area contributed by atoms with Crippen LogP contribution in [-0.4, -0.2) is 30.5 Å². The molecule has 4 rings (SSSR count). The molecule has 2 heterocycles. The number of benzene rings is 1. The van der Waals surface area contributed by atoms with E-state index in [2.05, 4.69) is 49.9 Å². The van der Waals surface area contributed by atoms with Crippen molar-refractivity contribution in [2.24, 2.45) is 12.0 Å². The van der Waals surface area contributed by atoms with E-state index in [9.17, 15) is 0 Å². The summed E-state index contributed by atoms with van der Waals surface area (Å²) in [5, 5.41) is 19.9. The van der Waals surface area contributed by atoms with Gasteiger partial charge in [0.2, 0.25) is 0 Å². The molecule has 2 aromatic heterocycles. The fraction of sp³-hybridized carbons (Fsp3) is 0.455. The molecule has 1 saturated carbocycles. The zero-order chi connectivity index (χ0) is 20.8. The maximum Gasteiger partial charge on any atom is 0.192 e. The van der Waals surface area contributed by atoms with E-state index in [0.717, 1.165) is 23.3 Å². The third-order valence-electron chi connectivity index (χ3n) is 5.66. The second-order valence-electron chi connectivity index (χ2n) is 7.81. The van der Waals surface area contributed by atoms with E-state index >= 15 is 0 Å². The number of guanidine groups is 1. The van der Waals surface area contributed by atoms with E-state index in [-0.39, 0.29) is 24.0 Å². The molecule has 1 aromatic carbocycles. The minimum atomic E-state index is 0. The summed E-state index contributed by atoms with van der Waals surface area (Å²) in [6, 6.07) is 12.9. The van der Waals surface area contributed by atoms with Gasteiger partial charge in [0.05, 0.1) is 31.4 Å². The summed E-state index contributed by atoms with van der Waals surface area (Å²) in [5.41, 5.74) is 2.18. The van der Waals surface area contributed by atoms with Gasteiger partial charge in [-0.25, -0.2) is 4.99 Å². The average Bonchev–Trinajstić information content (AvgIpc) is 3.52. The van der Waals surface area contributed by atoms with Crippen LogP contribution in [0.25, 0.3) is 0 Å². The van der Waals surface area contributed by atoms with Crippen molar-refractivity contribution in [2.75, 3.05) is 0 Å². The summed E-state index contributed by atoms with van der Waals surface area (Å²) < 4.78 is 4.10. The fourth-order valence-corrected chi connectivity index (χ4v) is 3.71. The largest absolute Gasteiger partial charge is 0.351 e. The van der Waals surface area contributed by atoms with Crippen LogP contribution in [0.1, 0.15) is 54.6 Å². The number of halogens is 1. The van der Waals surface area contributed by atoms with Crippen molar-refractivity contribution in [3.63, 3.8) is 0 Å². The molecule has 0 spiro atoms. The first-order chi connectivity index (χ1) is 14.7.